The molecule has 0 aromatic rings. The average Bonchev–Trinajstić information content (AvgIpc) is 0.722. The molecule has 0 spiro atoms. The van der Waals surface area contributed by atoms with E-state index in [0.717, 1.165) is 0 Å². The van der Waals surface area contributed by atoms with Crippen LogP contribution in [0.3, 0.4) is 0 Å². The molecule has 0 atom stereocenters. The first-order valence-corrected chi connectivity index (χ1v) is 5.25. The van der Waals surface area contributed by atoms with Crippen LogP contribution in [0.15, 0.2) is 0 Å². The zero-order valence-corrected chi connectivity index (χ0v) is 15.2. The van der Waals surface area contributed by atoms with Crippen molar-refractivity contribution in [3.05, 3.63) is 0 Å². The first-order valence-electron chi connectivity index (χ1n) is 0.783. The second kappa shape index (κ2) is 10.6. The molecule has 0 amide bonds. The predicted molar refractivity (Wildman–Crippen MR) is 14.2 cm³/mol. The Morgan fingerprint density at radius 1 is 1.25 bits per heavy atom. The summed E-state index contributed by atoms with van der Waals surface area (Å²) in [7, 11) is 0. The summed E-state index contributed by atoms with van der Waals surface area (Å²) in [5.74, 6) is 0. The Labute approximate surface area is 127 Å². The van der Waals surface area contributed by atoms with Gasteiger partial charge in [0.15, 0.2) is 0 Å². The fraction of sp³-hybridized carbons (Fsp3) is 0. The summed E-state index contributed by atoms with van der Waals surface area (Å²) in [4.78, 5) is 0. The van der Waals surface area contributed by atoms with Gasteiger partial charge in [-0.1, -0.05) is 0 Å². The zero-order chi connectivity index (χ0) is 4.50. The summed E-state index contributed by atoms with van der Waals surface area (Å²) in [6, 6.07) is 0. The molecule has 0 aliphatic carbocycles. The Morgan fingerprint density at radius 2 is 1.25 bits per heavy atom. The summed E-state index contributed by atoms with van der Waals surface area (Å²) in [6.45, 7) is 0. The zero-order valence-electron chi connectivity index (χ0n) is 5.09. The van der Waals surface area contributed by atoms with Gasteiger partial charge < -0.3 is 1.43 Å². The molecule has 0 unspecified atom stereocenters. The van der Waals surface area contributed by atoms with Crippen LogP contribution in [0.1, 0.15) is 1.43 Å². The van der Waals surface area contributed by atoms with Gasteiger partial charge in [-0.3, -0.25) is 0 Å². The molecule has 0 saturated carbocycles. The van der Waals surface area contributed by atoms with Crippen molar-refractivity contribution < 1.29 is 111 Å². The third-order valence-electron chi connectivity index (χ3n) is 0. The summed E-state index contributed by atoms with van der Waals surface area (Å²) in [5, 5.41) is 0. The van der Waals surface area contributed by atoms with Crippen molar-refractivity contribution in [2.24, 2.45) is 0 Å². The van der Waals surface area contributed by atoms with Crippen LogP contribution in [0, 0.1) is 0 Å². The summed E-state index contributed by atoms with van der Waals surface area (Å²) in [6.07, 6.45) is 0. The molecule has 0 bridgehead atoms. The van der Waals surface area contributed by atoms with Crippen LogP contribution in [0.25, 0.3) is 0 Å². The van der Waals surface area contributed by atoms with E-state index in [4.69, 9.17) is 13.2 Å². The van der Waals surface area contributed by atoms with Gasteiger partial charge in [-0.2, -0.15) is 0 Å². The monoisotopic (exact) mass is 502 g/mol. The fourth-order valence-corrected chi connectivity index (χ4v) is 0. The third kappa shape index (κ3) is 54.6. The number of rotatable bonds is 0. The smallest absolute Gasteiger partial charge is 0 e. The Balaban J connectivity index is -0.0000000133. The van der Waals surface area contributed by atoms with Gasteiger partial charge in [-0.05, 0) is 0 Å². The van der Waals surface area contributed by atoms with Gasteiger partial charge in [0.1, 0.15) is 0 Å². The molecule has 0 rings (SSSR count). The molecule has 44 valence electrons. The average molecular weight is 503 g/mol. The van der Waals surface area contributed by atoms with E-state index in [-0.39, 0.29) is 97.6 Å². The molecule has 3 N–H and O–H groups in total. The van der Waals surface area contributed by atoms with E-state index in [2.05, 4.69) is 0 Å². The SMILES string of the molecule is [H-].[K+].[Nb].[O]=[Sb]([OH])([OH])[OH].[Ta]. The maximum absolute atomic E-state index is 8.97. The van der Waals surface area contributed by atoms with E-state index in [1.165, 1.54) is 0 Å². The molecule has 0 fully saturated rings. The van der Waals surface area contributed by atoms with E-state index in [0.29, 0.717) is 0 Å². The molecule has 8 heteroatoms. The molecule has 0 aliphatic heterocycles. The van der Waals surface area contributed by atoms with Crippen LogP contribution in [0.4, 0.5) is 0 Å². The van der Waals surface area contributed by atoms with Gasteiger partial charge in [0.25, 0.3) is 0 Å². The summed E-state index contributed by atoms with van der Waals surface area (Å²) in [5.41, 5.74) is 0. The Morgan fingerprint density at radius 3 is 1.25 bits per heavy atom. The van der Waals surface area contributed by atoms with Gasteiger partial charge in [0.05, 0.1) is 0 Å². The Hall–Kier alpha value is 3.62. The van der Waals surface area contributed by atoms with Crippen LogP contribution < -0.4 is 51.4 Å². The van der Waals surface area contributed by atoms with Crippen molar-refractivity contribution in [1.29, 1.82) is 0 Å². The topological polar surface area (TPSA) is 77.8 Å². The van der Waals surface area contributed by atoms with Crippen molar-refractivity contribution in [3.8, 4) is 0 Å². The van der Waals surface area contributed by atoms with Crippen molar-refractivity contribution in [3.63, 3.8) is 0 Å². The van der Waals surface area contributed by atoms with E-state index >= 15 is 0 Å². The molecular weight excluding hydrogens is 499 g/mol. The molecule has 0 aromatic carbocycles. The molecule has 2 radical (unpaired) electrons. The maximum Gasteiger partial charge on any atom is 0 e. The molecule has 4 nitrogen and oxygen atoms in total. The van der Waals surface area contributed by atoms with Crippen LogP contribution in [0.2, 0.25) is 0 Å². The van der Waals surface area contributed by atoms with Crippen LogP contribution in [-0.2, 0) is 47.8 Å². The number of hydrogen-bond donors (Lipinski definition) is 3. The maximum atomic E-state index is 8.97. The van der Waals surface area contributed by atoms with Gasteiger partial charge in [-0.15, -0.1) is 0 Å². The van der Waals surface area contributed by atoms with E-state index in [1.807, 2.05) is 0 Å². The normalized spacial score (nSPS) is 7.38. The van der Waals surface area contributed by atoms with Gasteiger partial charge in [0, 0.05) is 44.8 Å². The third-order valence-corrected chi connectivity index (χ3v) is 0. The molecule has 0 saturated heterocycles. The molecular formula is H4KNbO4SbTa. The van der Waals surface area contributed by atoms with Crippen LogP contribution >= 0.6 is 0 Å². The predicted octanol–water partition coefficient (Wildman–Crippen LogP) is -5.06. The van der Waals surface area contributed by atoms with Gasteiger partial charge >= 0.3 is 84.6 Å². The molecule has 8 heavy (non-hydrogen) atoms. The minimum absolute atomic E-state index is 0. The van der Waals surface area contributed by atoms with E-state index in [9.17, 15) is 0 Å². The van der Waals surface area contributed by atoms with Crippen molar-refractivity contribution in [2.75, 3.05) is 0 Å². The Kier molecular flexibility index (Phi) is 29.9. The largest absolute Gasteiger partial charge is 0 e. The van der Waals surface area contributed by atoms with Crippen LogP contribution in [0.5, 0.6) is 0 Å². The van der Waals surface area contributed by atoms with Crippen molar-refractivity contribution >= 4 is 20.1 Å². The van der Waals surface area contributed by atoms with E-state index < -0.39 is 20.1 Å². The van der Waals surface area contributed by atoms with Crippen LogP contribution in [-0.4, -0.2) is 30.2 Å². The molecule has 0 heterocycles. The number of hydrogen-bond acceptors (Lipinski definition) is 1. The second-order valence-corrected chi connectivity index (χ2v) is 3.44. The first-order chi connectivity index (χ1) is 2.00. The van der Waals surface area contributed by atoms with Gasteiger partial charge in [-0.25, -0.2) is 0 Å². The molecule has 0 aliphatic rings. The first kappa shape index (κ1) is 22.6. The minimum atomic E-state index is -5.35. The van der Waals surface area contributed by atoms with E-state index in [1.54, 1.807) is 0 Å². The second-order valence-electron chi connectivity index (χ2n) is 0.513. The Bertz CT molecular complexity index is 66.7. The quantitative estimate of drug-likeness (QED) is 0.290. The van der Waals surface area contributed by atoms with Crippen molar-refractivity contribution in [1.82, 2.24) is 0 Å². The molecule has 0 aromatic heterocycles. The summed E-state index contributed by atoms with van der Waals surface area (Å²) < 4.78 is 30.8. The van der Waals surface area contributed by atoms with Gasteiger partial charge in [0.2, 0.25) is 0 Å². The standard InChI is InChI=1S/K.Nb.3H2O.O.Sb.Ta.H/h;;3*1H2;;;;/q+1;;;;;;+3;;-1/p-3. The summed E-state index contributed by atoms with van der Waals surface area (Å²) >= 11 is -5.35. The van der Waals surface area contributed by atoms with Crippen molar-refractivity contribution in [2.45, 2.75) is 0 Å². The minimum Gasteiger partial charge on any atom is 0 e. The fourth-order valence-electron chi connectivity index (χ4n) is 0.